The minimum absolute atomic E-state index is 0.0101. The quantitative estimate of drug-likeness (QED) is 0.671. The Labute approximate surface area is 118 Å². The maximum Gasteiger partial charge on any atom is 0.141 e. The molecule has 0 saturated heterocycles. The molecule has 0 aliphatic rings. The molecule has 0 aromatic carbocycles. The summed E-state index contributed by atoms with van der Waals surface area (Å²) in [5.74, 6) is 0.802. The number of nitrogens with two attached hydrogens (primary N) is 1. The molecule has 0 spiro atoms. The fourth-order valence-electron chi connectivity index (χ4n) is 1.54. The highest BCUT2D eigenvalue weighted by atomic mass is 79.9. The first-order valence-electron chi connectivity index (χ1n) is 5.32. The van der Waals surface area contributed by atoms with Gasteiger partial charge in [-0.15, -0.1) is 11.3 Å². The Kier molecular flexibility index (Phi) is 3.98. The van der Waals surface area contributed by atoms with Gasteiger partial charge in [0.15, 0.2) is 0 Å². The number of nitrogens with zero attached hydrogens (tertiary/aromatic N) is 2. The number of nitrogens with one attached hydrogen (secondary N) is 1. The topological polar surface area (TPSA) is 66.0 Å². The number of hydrogen-bond donors (Lipinski definition) is 2. The Morgan fingerprint density at radius 3 is 2.94 bits per heavy atom. The molecule has 0 atom stereocenters. The minimum Gasteiger partial charge on any atom is -0.382 e. The first-order valence-corrected chi connectivity index (χ1v) is 6.99. The molecule has 0 amide bonds. The number of halogens is 1. The lowest BCUT2D eigenvalue weighted by atomic mass is 10.3. The second-order valence-electron chi connectivity index (χ2n) is 3.88. The summed E-state index contributed by atoms with van der Waals surface area (Å²) in [5, 5.41) is 9.45. The van der Waals surface area contributed by atoms with Gasteiger partial charge in [0.1, 0.15) is 17.3 Å². The van der Waals surface area contributed by atoms with Gasteiger partial charge in [-0.25, -0.2) is 4.98 Å². The third kappa shape index (κ3) is 3.08. The van der Waals surface area contributed by atoms with E-state index in [-0.39, 0.29) is 5.84 Å². The zero-order valence-electron chi connectivity index (χ0n) is 9.85. The van der Waals surface area contributed by atoms with Crippen LogP contribution in [-0.4, -0.2) is 17.9 Å². The van der Waals surface area contributed by atoms with Gasteiger partial charge in [-0.3, -0.25) is 5.41 Å². The van der Waals surface area contributed by atoms with E-state index in [0.29, 0.717) is 5.69 Å². The van der Waals surface area contributed by atoms with Gasteiger partial charge in [0, 0.05) is 21.8 Å². The molecule has 2 rings (SSSR count). The molecule has 0 aliphatic heterocycles. The highest BCUT2D eigenvalue weighted by molar-refractivity contribution is 9.10. The normalized spacial score (nSPS) is 10.3. The van der Waals surface area contributed by atoms with Crippen molar-refractivity contribution >= 4 is 38.9 Å². The fraction of sp³-hybridized carbons (Fsp3) is 0.167. The number of nitrogen functional groups attached to an aromatic ring is 1. The van der Waals surface area contributed by atoms with Gasteiger partial charge >= 0.3 is 0 Å². The third-order valence-electron chi connectivity index (χ3n) is 2.42. The summed E-state index contributed by atoms with van der Waals surface area (Å²) in [7, 11) is 1.97. The van der Waals surface area contributed by atoms with Crippen LogP contribution in [0.15, 0.2) is 34.1 Å². The summed E-state index contributed by atoms with van der Waals surface area (Å²) in [6.45, 7) is 0.782. The number of aromatic nitrogens is 1. The van der Waals surface area contributed by atoms with Crippen LogP contribution in [-0.2, 0) is 6.54 Å². The van der Waals surface area contributed by atoms with Gasteiger partial charge in [0.05, 0.1) is 6.54 Å². The van der Waals surface area contributed by atoms with Crippen molar-refractivity contribution in [1.82, 2.24) is 4.98 Å². The van der Waals surface area contributed by atoms with E-state index in [9.17, 15) is 0 Å². The summed E-state index contributed by atoms with van der Waals surface area (Å²) in [6.07, 6.45) is 0. The Morgan fingerprint density at radius 1 is 1.56 bits per heavy atom. The Bertz CT molecular complexity index is 567. The SMILES string of the molecule is CN(Cc1cc(Br)cs1)c1cccc(C(=N)N)n1. The molecule has 2 aromatic heterocycles. The van der Waals surface area contributed by atoms with Crippen molar-refractivity contribution in [3.63, 3.8) is 0 Å². The largest absolute Gasteiger partial charge is 0.382 e. The van der Waals surface area contributed by atoms with Gasteiger partial charge in [-0.2, -0.15) is 0 Å². The molecule has 0 unspecified atom stereocenters. The smallest absolute Gasteiger partial charge is 0.141 e. The first kappa shape index (κ1) is 13.0. The second-order valence-corrected chi connectivity index (χ2v) is 5.79. The van der Waals surface area contributed by atoms with Crippen LogP contribution in [0.4, 0.5) is 5.82 Å². The molecule has 0 bridgehead atoms. The van der Waals surface area contributed by atoms with Gasteiger partial charge in [0.25, 0.3) is 0 Å². The van der Waals surface area contributed by atoms with Crippen molar-refractivity contribution in [2.24, 2.45) is 5.73 Å². The van der Waals surface area contributed by atoms with Crippen LogP contribution < -0.4 is 10.6 Å². The zero-order chi connectivity index (χ0) is 13.1. The number of pyridine rings is 1. The molecule has 0 fully saturated rings. The van der Waals surface area contributed by atoms with Gasteiger partial charge in [0.2, 0.25) is 0 Å². The standard InChI is InChI=1S/C12H13BrN4S/c1-17(6-9-5-8(13)7-18-9)11-4-2-3-10(16-11)12(14)15/h2-5,7H,6H2,1H3,(H3,14,15). The van der Waals surface area contributed by atoms with Gasteiger partial charge in [-0.1, -0.05) is 6.07 Å². The Morgan fingerprint density at radius 2 is 2.33 bits per heavy atom. The molecule has 0 aliphatic carbocycles. The van der Waals surface area contributed by atoms with Crippen LogP contribution in [0.5, 0.6) is 0 Å². The average molecular weight is 325 g/mol. The molecular formula is C12H13BrN4S. The van der Waals surface area contributed by atoms with Crippen LogP contribution in [0.1, 0.15) is 10.6 Å². The monoisotopic (exact) mass is 324 g/mol. The van der Waals surface area contributed by atoms with Crippen molar-refractivity contribution in [3.05, 3.63) is 44.7 Å². The summed E-state index contributed by atoms with van der Waals surface area (Å²) in [4.78, 5) is 7.63. The third-order valence-corrected chi connectivity index (χ3v) is 4.10. The molecule has 94 valence electrons. The molecule has 4 nitrogen and oxygen atoms in total. The van der Waals surface area contributed by atoms with Crippen molar-refractivity contribution in [3.8, 4) is 0 Å². The Hall–Kier alpha value is -1.40. The van der Waals surface area contributed by atoms with Crippen molar-refractivity contribution < 1.29 is 0 Å². The average Bonchev–Trinajstić information content (AvgIpc) is 2.75. The van der Waals surface area contributed by atoms with Crippen LogP contribution in [0.3, 0.4) is 0 Å². The van der Waals surface area contributed by atoms with E-state index in [1.165, 1.54) is 4.88 Å². The second kappa shape index (κ2) is 5.49. The van der Waals surface area contributed by atoms with Crippen molar-refractivity contribution in [2.45, 2.75) is 6.54 Å². The maximum atomic E-state index is 7.39. The summed E-state index contributed by atoms with van der Waals surface area (Å²) >= 11 is 5.14. The van der Waals surface area contributed by atoms with Gasteiger partial charge in [-0.05, 0) is 34.1 Å². The molecule has 2 heterocycles. The molecule has 18 heavy (non-hydrogen) atoms. The summed E-state index contributed by atoms with van der Waals surface area (Å²) in [6, 6.07) is 7.60. The lowest BCUT2D eigenvalue weighted by molar-refractivity contribution is 0.910. The lowest BCUT2D eigenvalue weighted by Gasteiger charge is -2.17. The molecular weight excluding hydrogens is 312 g/mol. The van der Waals surface area contributed by atoms with E-state index in [1.807, 2.05) is 24.1 Å². The van der Waals surface area contributed by atoms with E-state index < -0.39 is 0 Å². The number of thiophene rings is 1. The number of hydrogen-bond acceptors (Lipinski definition) is 4. The van der Waals surface area contributed by atoms with Crippen molar-refractivity contribution in [1.29, 1.82) is 5.41 Å². The van der Waals surface area contributed by atoms with Gasteiger partial charge < -0.3 is 10.6 Å². The van der Waals surface area contributed by atoms with E-state index >= 15 is 0 Å². The van der Waals surface area contributed by atoms with E-state index in [0.717, 1.165) is 16.8 Å². The van der Waals surface area contributed by atoms with E-state index in [1.54, 1.807) is 17.4 Å². The van der Waals surface area contributed by atoms with Crippen LogP contribution in [0, 0.1) is 5.41 Å². The highest BCUT2D eigenvalue weighted by Crippen LogP contribution is 2.22. The van der Waals surface area contributed by atoms with E-state index in [4.69, 9.17) is 11.1 Å². The van der Waals surface area contributed by atoms with Crippen LogP contribution in [0.25, 0.3) is 0 Å². The first-order chi connectivity index (χ1) is 8.56. The Balaban J connectivity index is 2.15. The van der Waals surface area contributed by atoms with Crippen LogP contribution in [0.2, 0.25) is 0 Å². The molecule has 3 N–H and O–H groups in total. The fourth-order valence-corrected chi connectivity index (χ4v) is 3.04. The summed E-state index contributed by atoms with van der Waals surface area (Å²) in [5.41, 5.74) is 5.94. The number of amidine groups is 1. The number of anilines is 1. The minimum atomic E-state index is -0.0101. The molecule has 2 aromatic rings. The number of rotatable bonds is 4. The predicted octanol–water partition coefficient (Wildman–Crippen LogP) is 2.83. The maximum absolute atomic E-state index is 7.39. The highest BCUT2D eigenvalue weighted by Gasteiger charge is 2.07. The van der Waals surface area contributed by atoms with E-state index in [2.05, 4.69) is 32.4 Å². The summed E-state index contributed by atoms with van der Waals surface area (Å²) < 4.78 is 1.10. The predicted molar refractivity (Wildman–Crippen MR) is 79.4 cm³/mol. The zero-order valence-corrected chi connectivity index (χ0v) is 12.3. The molecule has 0 saturated carbocycles. The lowest BCUT2D eigenvalue weighted by Crippen LogP contribution is -2.19. The van der Waals surface area contributed by atoms with Crippen molar-refractivity contribution in [2.75, 3.05) is 11.9 Å². The van der Waals surface area contributed by atoms with Crippen LogP contribution >= 0.6 is 27.3 Å². The molecule has 6 heteroatoms. The molecule has 0 radical (unpaired) electrons.